The number of nitrogen functional groups attached to an aromatic ring is 1. The summed E-state index contributed by atoms with van der Waals surface area (Å²) >= 11 is 12.5. The van der Waals surface area contributed by atoms with E-state index in [1.807, 2.05) is 12.1 Å². The van der Waals surface area contributed by atoms with Crippen molar-refractivity contribution in [1.82, 2.24) is 29.3 Å². The van der Waals surface area contributed by atoms with Crippen LogP contribution < -0.4 is 5.73 Å². The molecule has 1 aromatic carbocycles. The van der Waals surface area contributed by atoms with E-state index in [0.29, 0.717) is 28.0 Å². The Morgan fingerprint density at radius 2 is 1.96 bits per heavy atom. The van der Waals surface area contributed by atoms with Crippen LogP contribution in [0.1, 0.15) is 18.9 Å². The molecule has 0 amide bonds. The Balaban J connectivity index is 1.84. The normalized spacial score (nSPS) is 14.2. The van der Waals surface area contributed by atoms with Crippen molar-refractivity contribution in [3.63, 3.8) is 0 Å². The van der Waals surface area contributed by atoms with Gasteiger partial charge in [0.25, 0.3) is 0 Å². The Morgan fingerprint density at radius 1 is 1.12 bits per heavy atom. The fraction of sp³-hybridized carbons (Fsp3) is 0.176. The molecule has 0 aliphatic heterocycles. The maximum atomic E-state index is 6.45. The minimum absolute atomic E-state index is 0.293. The van der Waals surface area contributed by atoms with E-state index in [-0.39, 0.29) is 0 Å². The number of nitrogens with zero attached hydrogens (tertiary/aromatic N) is 6. The molecule has 1 fully saturated rings. The van der Waals surface area contributed by atoms with Gasteiger partial charge in [-0.2, -0.15) is 14.8 Å². The van der Waals surface area contributed by atoms with Crippen molar-refractivity contribution < 1.29 is 0 Å². The number of anilines is 1. The lowest BCUT2D eigenvalue weighted by Crippen LogP contribution is -2.10. The molecule has 0 spiro atoms. The molecule has 4 aromatic rings. The summed E-state index contributed by atoms with van der Waals surface area (Å²) in [6.07, 6.45) is 7.10. The first-order valence-corrected chi connectivity index (χ1v) is 8.86. The van der Waals surface area contributed by atoms with Crippen molar-refractivity contribution in [3.8, 4) is 17.1 Å². The second-order valence-electron chi connectivity index (χ2n) is 6.22. The largest absolute Gasteiger partial charge is 0.368 e. The standard InChI is InChI=1S/C17H13Cl2N7/c18-9-1-4-11(13(19)5-9)12-6-21-7-14-15(12)25(10-2-3-10)17(24-14)26-16(20)22-8-23-26/h1,4-8,10H,2-3H2,(H2,20,22,23). The average molecular weight is 386 g/mol. The zero-order chi connectivity index (χ0) is 17.8. The minimum Gasteiger partial charge on any atom is -0.368 e. The lowest BCUT2D eigenvalue weighted by atomic mass is 10.1. The maximum absolute atomic E-state index is 6.45. The molecular weight excluding hydrogens is 373 g/mol. The molecule has 0 atom stereocenters. The Bertz CT molecular complexity index is 1140. The van der Waals surface area contributed by atoms with Crippen molar-refractivity contribution >= 4 is 40.2 Å². The number of hydrogen-bond acceptors (Lipinski definition) is 5. The van der Waals surface area contributed by atoms with Crippen LogP contribution in [-0.4, -0.2) is 29.3 Å². The van der Waals surface area contributed by atoms with E-state index >= 15 is 0 Å². The molecule has 0 bridgehead atoms. The van der Waals surface area contributed by atoms with Gasteiger partial charge >= 0.3 is 0 Å². The van der Waals surface area contributed by atoms with Crippen LogP contribution in [0.2, 0.25) is 10.0 Å². The Morgan fingerprint density at radius 3 is 2.65 bits per heavy atom. The lowest BCUT2D eigenvalue weighted by molar-refractivity contribution is 0.693. The fourth-order valence-corrected chi connectivity index (χ4v) is 3.69. The van der Waals surface area contributed by atoms with Crippen LogP contribution in [0.3, 0.4) is 0 Å². The molecule has 5 rings (SSSR count). The first kappa shape index (κ1) is 15.6. The number of imidazole rings is 1. The molecule has 0 unspecified atom stereocenters. The molecule has 1 aliphatic rings. The van der Waals surface area contributed by atoms with Crippen LogP contribution in [0.4, 0.5) is 5.95 Å². The zero-order valence-corrected chi connectivity index (χ0v) is 15.0. The van der Waals surface area contributed by atoms with E-state index in [9.17, 15) is 0 Å². The van der Waals surface area contributed by atoms with Crippen molar-refractivity contribution in [3.05, 3.63) is 47.0 Å². The van der Waals surface area contributed by atoms with E-state index in [1.54, 1.807) is 23.1 Å². The van der Waals surface area contributed by atoms with Gasteiger partial charge in [0.2, 0.25) is 11.9 Å². The van der Waals surface area contributed by atoms with E-state index in [4.69, 9.17) is 33.9 Å². The highest BCUT2D eigenvalue weighted by molar-refractivity contribution is 6.36. The van der Waals surface area contributed by atoms with Gasteiger partial charge in [-0.05, 0) is 25.0 Å². The van der Waals surface area contributed by atoms with Gasteiger partial charge in [-0.25, -0.2) is 4.98 Å². The molecule has 3 heterocycles. The van der Waals surface area contributed by atoms with Gasteiger partial charge in [-0.1, -0.05) is 29.3 Å². The van der Waals surface area contributed by atoms with Crippen LogP contribution >= 0.6 is 23.2 Å². The van der Waals surface area contributed by atoms with Gasteiger partial charge in [0, 0.05) is 28.4 Å². The number of rotatable bonds is 3. The maximum Gasteiger partial charge on any atom is 0.235 e. The average Bonchev–Trinajstić information content (AvgIpc) is 3.24. The molecule has 9 heteroatoms. The summed E-state index contributed by atoms with van der Waals surface area (Å²) in [7, 11) is 0. The van der Waals surface area contributed by atoms with Gasteiger partial charge in [-0.3, -0.25) is 4.98 Å². The molecule has 130 valence electrons. The highest BCUT2D eigenvalue weighted by Gasteiger charge is 2.31. The number of hydrogen-bond donors (Lipinski definition) is 1. The molecule has 3 aromatic heterocycles. The van der Waals surface area contributed by atoms with Gasteiger partial charge in [0.15, 0.2) is 0 Å². The van der Waals surface area contributed by atoms with Crippen LogP contribution in [0, 0.1) is 0 Å². The SMILES string of the molecule is Nc1ncnn1-c1nc2cncc(-c3ccc(Cl)cc3Cl)c2n1C1CC1. The van der Waals surface area contributed by atoms with E-state index in [2.05, 4.69) is 19.6 Å². The summed E-state index contributed by atoms with van der Waals surface area (Å²) in [6.45, 7) is 0. The first-order valence-electron chi connectivity index (χ1n) is 8.10. The highest BCUT2D eigenvalue weighted by Crippen LogP contribution is 2.43. The third-order valence-electron chi connectivity index (χ3n) is 4.47. The summed E-state index contributed by atoms with van der Waals surface area (Å²) in [5.41, 5.74) is 9.42. The number of nitrogens with two attached hydrogens (primary N) is 1. The lowest BCUT2D eigenvalue weighted by Gasteiger charge is -2.11. The smallest absolute Gasteiger partial charge is 0.235 e. The summed E-state index contributed by atoms with van der Waals surface area (Å²) in [4.78, 5) is 13.1. The Kier molecular flexibility index (Phi) is 3.41. The van der Waals surface area contributed by atoms with Gasteiger partial charge < -0.3 is 10.3 Å². The topological polar surface area (TPSA) is 87.4 Å². The zero-order valence-electron chi connectivity index (χ0n) is 13.5. The number of halogens is 2. The third-order valence-corrected chi connectivity index (χ3v) is 5.02. The number of aromatic nitrogens is 6. The van der Waals surface area contributed by atoms with Crippen molar-refractivity contribution in [2.75, 3.05) is 5.73 Å². The number of benzene rings is 1. The number of fused-ring (bicyclic) bond motifs is 1. The van der Waals surface area contributed by atoms with Crippen LogP contribution in [-0.2, 0) is 0 Å². The molecule has 1 saturated carbocycles. The van der Waals surface area contributed by atoms with E-state index < -0.39 is 0 Å². The molecule has 0 saturated heterocycles. The molecule has 2 N–H and O–H groups in total. The van der Waals surface area contributed by atoms with E-state index in [1.165, 1.54) is 6.33 Å². The number of pyridine rings is 1. The van der Waals surface area contributed by atoms with Crippen LogP contribution in [0.15, 0.2) is 36.9 Å². The predicted molar refractivity (Wildman–Crippen MR) is 101 cm³/mol. The molecule has 7 nitrogen and oxygen atoms in total. The predicted octanol–water partition coefficient (Wildman–Crippen LogP) is 3.90. The fourth-order valence-electron chi connectivity index (χ4n) is 3.18. The summed E-state index contributed by atoms with van der Waals surface area (Å²) in [5, 5.41) is 5.37. The van der Waals surface area contributed by atoms with Gasteiger partial charge in [0.1, 0.15) is 11.8 Å². The Hall–Kier alpha value is -2.64. The van der Waals surface area contributed by atoms with Crippen LogP contribution in [0.5, 0.6) is 0 Å². The quantitative estimate of drug-likeness (QED) is 0.577. The highest BCUT2D eigenvalue weighted by atomic mass is 35.5. The third kappa shape index (κ3) is 2.35. The summed E-state index contributed by atoms with van der Waals surface area (Å²) < 4.78 is 3.70. The van der Waals surface area contributed by atoms with Crippen molar-refractivity contribution in [1.29, 1.82) is 0 Å². The Labute approximate surface area is 158 Å². The van der Waals surface area contributed by atoms with Crippen molar-refractivity contribution in [2.24, 2.45) is 0 Å². The summed E-state index contributed by atoms with van der Waals surface area (Å²) in [5.74, 6) is 0.929. The monoisotopic (exact) mass is 385 g/mol. The molecule has 26 heavy (non-hydrogen) atoms. The van der Waals surface area contributed by atoms with Gasteiger partial charge in [-0.15, -0.1) is 0 Å². The second kappa shape index (κ2) is 5.69. The summed E-state index contributed by atoms with van der Waals surface area (Å²) in [6, 6.07) is 5.78. The molecule has 0 radical (unpaired) electrons. The molecule has 1 aliphatic carbocycles. The van der Waals surface area contributed by atoms with E-state index in [0.717, 1.165) is 35.0 Å². The molecular formula is C17H13Cl2N7. The van der Waals surface area contributed by atoms with Crippen molar-refractivity contribution in [2.45, 2.75) is 18.9 Å². The van der Waals surface area contributed by atoms with Crippen LogP contribution in [0.25, 0.3) is 28.1 Å². The first-order chi connectivity index (χ1) is 12.6. The minimum atomic E-state index is 0.293. The second-order valence-corrected chi connectivity index (χ2v) is 7.07. The van der Waals surface area contributed by atoms with Gasteiger partial charge in [0.05, 0.1) is 16.7 Å².